The van der Waals surface area contributed by atoms with E-state index in [0.29, 0.717) is 6.42 Å². The molecule has 0 spiro atoms. The number of aryl methyl sites for hydroxylation is 1. The molecule has 0 fully saturated rings. The van der Waals surface area contributed by atoms with Crippen LogP contribution in [0.5, 0.6) is 0 Å². The van der Waals surface area contributed by atoms with Crippen molar-refractivity contribution in [3.8, 4) is 0 Å². The molecule has 1 aromatic rings. The van der Waals surface area contributed by atoms with Gasteiger partial charge in [0.1, 0.15) is 10.8 Å². The highest BCUT2D eigenvalue weighted by atomic mass is 32.1. The van der Waals surface area contributed by atoms with E-state index in [0.717, 1.165) is 54.6 Å². The lowest BCUT2D eigenvalue weighted by Gasteiger charge is -2.20. The molecule has 0 unspecified atom stereocenters. The number of rotatable bonds is 11. The third-order valence-electron chi connectivity index (χ3n) is 3.53. The molecule has 1 amide bonds. The number of allylic oxidation sites excluding steroid dienone is 2. The molecule has 25 heavy (non-hydrogen) atoms. The van der Waals surface area contributed by atoms with Gasteiger partial charge in [0.15, 0.2) is 0 Å². The average molecular weight is 366 g/mol. The highest BCUT2D eigenvalue weighted by Gasteiger charge is 2.13. The van der Waals surface area contributed by atoms with Crippen molar-refractivity contribution in [2.75, 3.05) is 11.4 Å². The van der Waals surface area contributed by atoms with Crippen molar-refractivity contribution in [1.29, 1.82) is 0 Å². The van der Waals surface area contributed by atoms with Crippen LogP contribution in [0.2, 0.25) is 0 Å². The standard InChI is InChI=1S/C17H27N5O2S/c1-4-5-12-18-14(2)22(17-20-19-15(3)25-17)13-10-8-6-7-9-11-16(23)21-24/h4-5,12,24H,1,6-11,13H2,2-3H3,(H,21,23)/b12-5-,18-14+. The number of amidine groups is 1. The molecule has 0 atom stereocenters. The van der Waals surface area contributed by atoms with Gasteiger partial charge in [0, 0.05) is 19.2 Å². The summed E-state index contributed by atoms with van der Waals surface area (Å²) in [5.74, 6) is 0.547. The van der Waals surface area contributed by atoms with E-state index in [1.165, 1.54) is 0 Å². The number of amides is 1. The van der Waals surface area contributed by atoms with Crippen LogP contribution in [0.15, 0.2) is 29.9 Å². The Labute approximate surface area is 153 Å². The van der Waals surface area contributed by atoms with Crippen molar-refractivity contribution in [3.05, 3.63) is 29.9 Å². The average Bonchev–Trinajstić information content (AvgIpc) is 3.03. The predicted molar refractivity (Wildman–Crippen MR) is 102 cm³/mol. The summed E-state index contributed by atoms with van der Waals surface area (Å²) in [6, 6.07) is 0. The molecule has 0 aliphatic rings. The van der Waals surface area contributed by atoms with E-state index in [2.05, 4.69) is 26.7 Å². The fraction of sp³-hybridized carbons (Fsp3) is 0.529. The van der Waals surface area contributed by atoms with Crippen molar-refractivity contribution in [1.82, 2.24) is 15.7 Å². The van der Waals surface area contributed by atoms with Gasteiger partial charge in [-0.05, 0) is 32.8 Å². The second-order valence-electron chi connectivity index (χ2n) is 5.56. The number of nitrogens with one attached hydrogen (secondary N) is 1. The summed E-state index contributed by atoms with van der Waals surface area (Å²) in [5, 5.41) is 18.5. The van der Waals surface area contributed by atoms with Gasteiger partial charge in [-0.3, -0.25) is 10.0 Å². The topological polar surface area (TPSA) is 90.7 Å². The van der Waals surface area contributed by atoms with Crippen LogP contribution in [-0.4, -0.2) is 33.7 Å². The molecule has 0 aliphatic heterocycles. The van der Waals surface area contributed by atoms with Gasteiger partial charge in [-0.15, -0.1) is 10.2 Å². The molecular formula is C17H27N5O2S. The van der Waals surface area contributed by atoms with Gasteiger partial charge in [-0.2, -0.15) is 0 Å². The molecule has 8 heteroatoms. The van der Waals surface area contributed by atoms with Gasteiger partial charge in [0.2, 0.25) is 11.0 Å². The van der Waals surface area contributed by atoms with E-state index in [1.54, 1.807) is 35.2 Å². The Morgan fingerprint density at radius 2 is 2.04 bits per heavy atom. The van der Waals surface area contributed by atoms with Crippen LogP contribution in [0.1, 0.15) is 50.5 Å². The first-order chi connectivity index (χ1) is 12.1. The molecule has 1 rings (SSSR count). The Morgan fingerprint density at radius 1 is 1.32 bits per heavy atom. The number of unbranched alkanes of at least 4 members (excludes halogenated alkanes) is 4. The maximum Gasteiger partial charge on any atom is 0.243 e. The predicted octanol–water partition coefficient (Wildman–Crippen LogP) is 3.62. The van der Waals surface area contributed by atoms with Gasteiger partial charge in [-0.1, -0.05) is 43.3 Å². The number of carbonyl (C=O) groups is 1. The van der Waals surface area contributed by atoms with E-state index in [9.17, 15) is 4.79 Å². The summed E-state index contributed by atoms with van der Waals surface area (Å²) in [5.41, 5.74) is 1.65. The summed E-state index contributed by atoms with van der Waals surface area (Å²) in [4.78, 5) is 17.4. The number of hydroxylamine groups is 1. The Balaban J connectivity index is 2.46. The molecule has 1 heterocycles. The maximum atomic E-state index is 10.9. The van der Waals surface area contributed by atoms with Gasteiger partial charge in [-0.25, -0.2) is 10.5 Å². The number of aromatic nitrogens is 2. The van der Waals surface area contributed by atoms with Crippen LogP contribution in [-0.2, 0) is 4.79 Å². The van der Waals surface area contributed by atoms with E-state index < -0.39 is 0 Å². The smallest absolute Gasteiger partial charge is 0.243 e. The molecule has 138 valence electrons. The van der Waals surface area contributed by atoms with Crippen LogP contribution in [0.25, 0.3) is 0 Å². The van der Waals surface area contributed by atoms with Gasteiger partial charge >= 0.3 is 0 Å². The Morgan fingerprint density at radius 3 is 2.68 bits per heavy atom. The van der Waals surface area contributed by atoms with Crippen LogP contribution in [0.4, 0.5) is 5.13 Å². The van der Waals surface area contributed by atoms with Gasteiger partial charge < -0.3 is 4.90 Å². The summed E-state index contributed by atoms with van der Waals surface area (Å²) >= 11 is 1.55. The lowest BCUT2D eigenvalue weighted by atomic mass is 10.1. The van der Waals surface area contributed by atoms with E-state index in [1.807, 2.05) is 13.8 Å². The van der Waals surface area contributed by atoms with E-state index in [-0.39, 0.29) is 5.91 Å². The summed E-state index contributed by atoms with van der Waals surface area (Å²) in [6.07, 6.45) is 10.4. The molecular weight excluding hydrogens is 338 g/mol. The fourth-order valence-electron chi connectivity index (χ4n) is 2.21. The molecule has 7 nitrogen and oxygen atoms in total. The number of hydrogen-bond acceptors (Lipinski definition) is 6. The minimum absolute atomic E-state index is 0.322. The van der Waals surface area contributed by atoms with Crippen molar-refractivity contribution in [2.45, 2.75) is 52.4 Å². The zero-order valence-corrected chi connectivity index (χ0v) is 15.8. The van der Waals surface area contributed by atoms with Crippen LogP contribution in [0.3, 0.4) is 0 Å². The highest BCUT2D eigenvalue weighted by Crippen LogP contribution is 2.21. The Hall–Kier alpha value is -2.06. The van der Waals surface area contributed by atoms with E-state index >= 15 is 0 Å². The minimum Gasteiger partial charge on any atom is -0.305 e. The van der Waals surface area contributed by atoms with Gasteiger partial charge in [0.05, 0.1) is 0 Å². The highest BCUT2D eigenvalue weighted by molar-refractivity contribution is 7.15. The van der Waals surface area contributed by atoms with Crippen molar-refractivity contribution in [3.63, 3.8) is 0 Å². The monoisotopic (exact) mass is 365 g/mol. The van der Waals surface area contributed by atoms with E-state index in [4.69, 9.17) is 5.21 Å². The third-order valence-corrected chi connectivity index (χ3v) is 4.39. The summed E-state index contributed by atoms with van der Waals surface area (Å²) < 4.78 is 0. The molecule has 0 aliphatic carbocycles. The Bertz CT molecular complexity index is 598. The Kier molecular flexibility index (Phi) is 10.3. The number of carbonyl (C=O) groups excluding carboxylic acids is 1. The van der Waals surface area contributed by atoms with Crippen molar-refractivity contribution in [2.24, 2.45) is 4.99 Å². The van der Waals surface area contributed by atoms with Crippen molar-refractivity contribution >= 4 is 28.2 Å². The quantitative estimate of drug-likeness (QED) is 0.156. The zero-order chi connectivity index (χ0) is 18.5. The maximum absolute atomic E-state index is 10.9. The molecule has 2 N–H and O–H groups in total. The first kappa shape index (κ1) is 21.0. The zero-order valence-electron chi connectivity index (χ0n) is 14.9. The fourth-order valence-corrected chi connectivity index (χ4v) is 2.98. The molecule has 0 radical (unpaired) electrons. The molecule has 0 aromatic carbocycles. The number of anilines is 1. The first-order valence-corrected chi connectivity index (χ1v) is 9.22. The molecule has 0 saturated carbocycles. The lowest BCUT2D eigenvalue weighted by Crippen LogP contribution is -2.29. The number of nitrogens with zero attached hydrogens (tertiary/aromatic N) is 4. The summed E-state index contributed by atoms with van der Waals surface area (Å²) in [7, 11) is 0. The van der Waals surface area contributed by atoms with Crippen molar-refractivity contribution < 1.29 is 10.0 Å². The normalized spacial score (nSPS) is 11.7. The van der Waals surface area contributed by atoms with Crippen LogP contribution < -0.4 is 10.4 Å². The second-order valence-corrected chi connectivity index (χ2v) is 6.72. The van der Waals surface area contributed by atoms with Gasteiger partial charge in [0.25, 0.3) is 0 Å². The lowest BCUT2D eigenvalue weighted by molar-refractivity contribution is -0.129. The third kappa shape index (κ3) is 8.55. The molecule has 0 bridgehead atoms. The largest absolute Gasteiger partial charge is 0.305 e. The number of hydrogen-bond donors (Lipinski definition) is 2. The van der Waals surface area contributed by atoms with Crippen LogP contribution in [0, 0.1) is 6.92 Å². The second kappa shape index (κ2) is 12.3. The SMILES string of the molecule is C=C/C=C\N=C(/C)N(CCCCCCCC(=O)NO)c1nnc(C)s1. The molecule has 1 aromatic heterocycles. The summed E-state index contributed by atoms with van der Waals surface area (Å²) in [6.45, 7) is 8.35. The van der Waals surface area contributed by atoms with Crippen LogP contribution >= 0.6 is 11.3 Å². The minimum atomic E-state index is -0.322. The molecule has 0 saturated heterocycles. The number of aliphatic imine (C=N–C) groups is 1. The first-order valence-electron chi connectivity index (χ1n) is 8.41.